The monoisotopic (exact) mass is 395 g/mol. The van der Waals surface area contributed by atoms with E-state index in [4.69, 9.17) is 0 Å². The molecule has 1 saturated heterocycles. The summed E-state index contributed by atoms with van der Waals surface area (Å²) in [5.74, 6) is 1.02. The molecule has 0 bridgehead atoms. The van der Waals surface area contributed by atoms with Gasteiger partial charge in [0.25, 0.3) is 11.1 Å². The Balaban J connectivity index is 1.35. The fourth-order valence-corrected chi connectivity index (χ4v) is 3.70. The van der Waals surface area contributed by atoms with Gasteiger partial charge in [-0.1, -0.05) is 0 Å². The van der Waals surface area contributed by atoms with E-state index in [1.54, 1.807) is 33.8 Å². The molecule has 9 heteroatoms. The topological polar surface area (TPSA) is 90.8 Å². The third-order valence-corrected chi connectivity index (χ3v) is 5.22. The minimum Gasteiger partial charge on any atom is -0.301 e. The van der Waals surface area contributed by atoms with Crippen molar-refractivity contribution in [3.63, 3.8) is 0 Å². The Morgan fingerprint density at radius 3 is 2.45 bits per heavy atom. The molecular formula is C20H25N7O2. The molecule has 0 aliphatic carbocycles. The minimum absolute atomic E-state index is 0.0220. The summed E-state index contributed by atoms with van der Waals surface area (Å²) < 4.78 is 4.91. The molecule has 0 radical (unpaired) electrons. The molecule has 29 heavy (non-hydrogen) atoms. The Hall–Kier alpha value is -3.07. The first-order chi connectivity index (χ1) is 13.9. The van der Waals surface area contributed by atoms with Crippen LogP contribution in [0.25, 0.3) is 5.82 Å². The average molecular weight is 395 g/mol. The van der Waals surface area contributed by atoms with Gasteiger partial charge in [0.1, 0.15) is 0 Å². The molecule has 9 nitrogen and oxygen atoms in total. The maximum atomic E-state index is 12.2. The summed E-state index contributed by atoms with van der Waals surface area (Å²) >= 11 is 0. The van der Waals surface area contributed by atoms with E-state index in [1.165, 1.54) is 4.68 Å². The standard InChI is InChI=1S/C20H25N7O2/c1-14-9-20(29)25(13-21-14)7-6-24-10-17(11-24)12-26-19(28)5-4-18(23-26)27-16(3)8-15(2)22-27/h4-5,8-9,13,17H,6-7,10-12H2,1-3H3. The third kappa shape index (κ3) is 4.19. The van der Waals surface area contributed by atoms with E-state index < -0.39 is 0 Å². The van der Waals surface area contributed by atoms with Crippen molar-refractivity contribution in [2.75, 3.05) is 19.6 Å². The largest absolute Gasteiger partial charge is 0.301 e. The third-order valence-electron chi connectivity index (χ3n) is 5.22. The molecule has 0 unspecified atom stereocenters. The van der Waals surface area contributed by atoms with E-state index in [2.05, 4.69) is 20.1 Å². The van der Waals surface area contributed by atoms with Crippen LogP contribution >= 0.6 is 0 Å². The zero-order valence-corrected chi connectivity index (χ0v) is 16.9. The lowest BCUT2D eigenvalue weighted by molar-refractivity contribution is 0.0801. The second-order valence-electron chi connectivity index (χ2n) is 7.74. The molecule has 0 amide bonds. The predicted octanol–water partition coefficient (Wildman–Crippen LogP) is 0.543. The molecule has 0 N–H and O–H groups in total. The fraction of sp³-hybridized carbons (Fsp3) is 0.450. The number of rotatable bonds is 6. The summed E-state index contributed by atoms with van der Waals surface area (Å²) in [6, 6.07) is 6.79. The molecule has 0 atom stereocenters. The maximum Gasteiger partial charge on any atom is 0.266 e. The first kappa shape index (κ1) is 19.3. The van der Waals surface area contributed by atoms with Crippen molar-refractivity contribution in [3.8, 4) is 5.82 Å². The highest BCUT2D eigenvalue weighted by molar-refractivity contribution is 5.23. The molecule has 1 aliphatic heterocycles. The van der Waals surface area contributed by atoms with Crippen molar-refractivity contribution < 1.29 is 0 Å². The van der Waals surface area contributed by atoms with Gasteiger partial charge in [-0.2, -0.15) is 5.10 Å². The SMILES string of the molecule is Cc1cc(=O)n(CCN2CC(Cn3nc(-n4nc(C)cc4C)ccc3=O)C2)cn1. The molecule has 3 aromatic heterocycles. The van der Waals surface area contributed by atoms with Crippen LogP contribution in [0.15, 0.2) is 40.2 Å². The molecule has 152 valence electrons. The highest BCUT2D eigenvalue weighted by Crippen LogP contribution is 2.16. The molecule has 3 aromatic rings. The van der Waals surface area contributed by atoms with Crippen LogP contribution < -0.4 is 11.1 Å². The normalized spacial score (nSPS) is 14.9. The molecule has 0 spiro atoms. The van der Waals surface area contributed by atoms with E-state index >= 15 is 0 Å². The van der Waals surface area contributed by atoms with Crippen LogP contribution in [-0.2, 0) is 13.1 Å². The molecule has 4 heterocycles. The van der Waals surface area contributed by atoms with Gasteiger partial charge in [-0.3, -0.25) is 14.2 Å². The first-order valence-electron chi connectivity index (χ1n) is 9.76. The summed E-state index contributed by atoms with van der Waals surface area (Å²) in [6.07, 6.45) is 1.60. The zero-order valence-electron chi connectivity index (χ0n) is 16.9. The van der Waals surface area contributed by atoms with Gasteiger partial charge in [0.05, 0.1) is 18.6 Å². The predicted molar refractivity (Wildman–Crippen MR) is 108 cm³/mol. The lowest BCUT2D eigenvalue weighted by Crippen LogP contribution is -2.50. The Kier molecular flexibility index (Phi) is 5.14. The Morgan fingerprint density at radius 1 is 0.966 bits per heavy atom. The van der Waals surface area contributed by atoms with E-state index in [9.17, 15) is 9.59 Å². The Labute approximate surface area is 168 Å². The summed E-state index contributed by atoms with van der Waals surface area (Å²) in [4.78, 5) is 30.6. The minimum atomic E-state index is -0.106. The van der Waals surface area contributed by atoms with Gasteiger partial charge in [-0.15, -0.1) is 5.10 Å². The van der Waals surface area contributed by atoms with Gasteiger partial charge in [0.15, 0.2) is 5.82 Å². The second-order valence-corrected chi connectivity index (χ2v) is 7.74. The number of aryl methyl sites for hydroxylation is 3. The van der Waals surface area contributed by atoms with E-state index in [0.29, 0.717) is 24.8 Å². The van der Waals surface area contributed by atoms with Gasteiger partial charge >= 0.3 is 0 Å². The second kappa shape index (κ2) is 7.75. The lowest BCUT2D eigenvalue weighted by atomic mass is 10.0. The Morgan fingerprint density at radius 2 is 1.76 bits per heavy atom. The molecule has 0 aromatic carbocycles. The van der Waals surface area contributed by atoms with Crippen molar-refractivity contribution >= 4 is 0 Å². The summed E-state index contributed by atoms with van der Waals surface area (Å²) in [7, 11) is 0. The average Bonchev–Trinajstić information content (AvgIpc) is 2.98. The number of nitrogens with zero attached hydrogens (tertiary/aromatic N) is 7. The van der Waals surface area contributed by atoms with Crippen molar-refractivity contribution in [1.82, 2.24) is 34.0 Å². The van der Waals surface area contributed by atoms with Crippen LogP contribution in [0.1, 0.15) is 17.1 Å². The summed E-state index contributed by atoms with van der Waals surface area (Å²) in [6.45, 7) is 9.46. The highest BCUT2D eigenvalue weighted by Gasteiger charge is 2.27. The van der Waals surface area contributed by atoms with Gasteiger partial charge in [-0.05, 0) is 32.9 Å². The smallest absolute Gasteiger partial charge is 0.266 e. The molecule has 1 aliphatic rings. The quantitative estimate of drug-likeness (QED) is 0.605. The lowest BCUT2D eigenvalue weighted by Gasteiger charge is -2.39. The van der Waals surface area contributed by atoms with Crippen molar-refractivity contribution in [2.45, 2.75) is 33.9 Å². The van der Waals surface area contributed by atoms with Crippen LogP contribution in [0.5, 0.6) is 0 Å². The van der Waals surface area contributed by atoms with Gasteiger partial charge in [0.2, 0.25) is 0 Å². The van der Waals surface area contributed by atoms with Crippen molar-refractivity contribution in [2.24, 2.45) is 5.92 Å². The first-order valence-corrected chi connectivity index (χ1v) is 9.76. The fourth-order valence-electron chi connectivity index (χ4n) is 3.70. The van der Waals surface area contributed by atoms with E-state index in [1.807, 2.05) is 26.8 Å². The van der Waals surface area contributed by atoms with Crippen LogP contribution in [0.3, 0.4) is 0 Å². The number of hydrogen-bond acceptors (Lipinski definition) is 6. The highest BCUT2D eigenvalue weighted by atomic mass is 16.1. The maximum absolute atomic E-state index is 12.2. The van der Waals surface area contributed by atoms with E-state index in [0.717, 1.165) is 36.7 Å². The number of aromatic nitrogens is 6. The van der Waals surface area contributed by atoms with Crippen LogP contribution in [0, 0.1) is 26.7 Å². The van der Waals surface area contributed by atoms with Crippen LogP contribution in [0.4, 0.5) is 0 Å². The number of likely N-dealkylation sites (tertiary alicyclic amines) is 1. The van der Waals surface area contributed by atoms with Crippen LogP contribution in [-0.4, -0.2) is 53.6 Å². The molecular weight excluding hydrogens is 370 g/mol. The zero-order chi connectivity index (χ0) is 20.5. The van der Waals surface area contributed by atoms with E-state index in [-0.39, 0.29) is 11.1 Å². The van der Waals surface area contributed by atoms with Crippen molar-refractivity contribution in [3.05, 3.63) is 68.4 Å². The molecule has 0 saturated carbocycles. The summed E-state index contributed by atoms with van der Waals surface area (Å²) in [5.41, 5.74) is 2.50. The van der Waals surface area contributed by atoms with Gasteiger partial charge in [-0.25, -0.2) is 14.3 Å². The van der Waals surface area contributed by atoms with Gasteiger partial charge < -0.3 is 4.90 Å². The molecule has 1 fully saturated rings. The Bertz CT molecular complexity index is 1140. The molecule has 4 rings (SSSR count). The van der Waals surface area contributed by atoms with Gasteiger partial charge in [0, 0.05) is 55.6 Å². The van der Waals surface area contributed by atoms with Crippen molar-refractivity contribution in [1.29, 1.82) is 0 Å². The number of hydrogen-bond donors (Lipinski definition) is 0. The van der Waals surface area contributed by atoms with Crippen LogP contribution in [0.2, 0.25) is 0 Å². The summed E-state index contributed by atoms with van der Waals surface area (Å²) in [5, 5.41) is 8.95.